The summed E-state index contributed by atoms with van der Waals surface area (Å²) in [6.45, 7) is 1.89. The Bertz CT molecular complexity index is 1030. The molecule has 1 amide bonds. The number of nitrogens with two attached hydrogens (primary N) is 1. The van der Waals surface area contributed by atoms with Crippen LogP contribution >= 0.6 is 0 Å². The first-order valence-electron chi connectivity index (χ1n) is 11.6. The van der Waals surface area contributed by atoms with E-state index in [9.17, 15) is 4.79 Å². The van der Waals surface area contributed by atoms with E-state index >= 15 is 0 Å². The lowest BCUT2D eigenvalue weighted by Crippen LogP contribution is -2.47. The Morgan fingerprint density at radius 3 is 2.38 bits per heavy atom. The first-order chi connectivity index (χ1) is 15.7. The van der Waals surface area contributed by atoms with Crippen LogP contribution in [0.5, 0.6) is 0 Å². The predicted octanol–water partition coefficient (Wildman–Crippen LogP) is 5.04. The standard InChI is InChI=1S/C28H30N2O2/c29-27(31)19-25-14-17-30(16-13-21-11-12-22-20-32-18-15-26(21)22)28(25,23-7-3-1-4-8-23)24-9-5-2-6-10-24/h1-10,15,18,20,25H,11-14,16-17,19H2,(H2,29,31). The largest absolute Gasteiger partial charge is 0.472 e. The van der Waals surface area contributed by atoms with Gasteiger partial charge in [0.2, 0.25) is 5.91 Å². The summed E-state index contributed by atoms with van der Waals surface area (Å²) < 4.78 is 5.38. The number of carbonyl (C=O) groups excluding carboxylic acids is 1. The number of benzene rings is 2. The topological polar surface area (TPSA) is 55.6 Å². The van der Waals surface area contributed by atoms with Crippen molar-refractivity contribution in [2.75, 3.05) is 13.1 Å². The van der Waals surface area contributed by atoms with Crippen molar-refractivity contribution >= 4 is 5.91 Å². The van der Waals surface area contributed by atoms with Crippen LogP contribution in [0, 0.1) is 5.92 Å². The molecule has 2 heterocycles. The van der Waals surface area contributed by atoms with Crippen LogP contribution in [0.3, 0.4) is 0 Å². The van der Waals surface area contributed by atoms with Crippen LogP contribution in [-0.4, -0.2) is 23.9 Å². The minimum atomic E-state index is -0.356. The summed E-state index contributed by atoms with van der Waals surface area (Å²) in [6, 6.07) is 21.3. The van der Waals surface area contributed by atoms with Gasteiger partial charge in [-0.05, 0) is 66.5 Å². The molecule has 2 N–H and O–H groups in total. The van der Waals surface area contributed by atoms with Crippen molar-refractivity contribution in [3.8, 4) is 0 Å². The third kappa shape index (κ3) is 3.59. The lowest BCUT2D eigenvalue weighted by molar-refractivity contribution is -0.119. The second kappa shape index (κ2) is 8.79. The molecule has 1 aliphatic carbocycles. The number of fused-ring (bicyclic) bond motifs is 1. The summed E-state index contributed by atoms with van der Waals surface area (Å²) in [7, 11) is 0. The average Bonchev–Trinajstić information content (AvgIpc) is 3.40. The maximum absolute atomic E-state index is 12.1. The molecule has 0 saturated carbocycles. The molecule has 164 valence electrons. The molecule has 1 unspecified atom stereocenters. The van der Waals surface area contributed by atoms with E-state index in [0.717, 1.165) is 38.8 Å². The summed E-state index contributed by atoms with van der Waals surface area (Å²) in [5.74, 6) is -0.0830. The number of primary amides is 1. The van der Waals surface area contributed by atoms with Gasteiger partial charge in [0.25, 0.3) is 0 Å². The van der Waals surface area contributed by atoms with Gasteiger partial charge in [-0.3, -0.25) is 9.69 Å². The lowest BCUT2D eigenvalue weighted by atomic mass is 9.72. The molecule has 5 rings (SSSR count). The van der Waals surface area contributed by atoms with E-state index in [0.29, 0.717) is 6.42 Å². The summed E-state index contributed by atoms with van der Waals surface area (Å²) in [5.41, 5.74) is 12.1. The van der Waals surface area contributed by atoms with Crippen LogP contribution < -0.4 is 5.73 Å². The molecule has 0 aromatic heterocycles. The minimum Gasteiger partial charge on any atom is -0.472 e. The molecular weight excluding hydrogens is 396 g/mol. The quantitative estimate of drug-likeness (QED) is 0.675. The summed E-state index contributed by atoms with van der Waals surface area (Å²) in [5, 5.41) is 0. The third-order valence-corrected chi connectivity index (χ3v) is 7.34. The Hall–Kier alpha value is -3.11. The zero-order valence-electron chi connectivity index (χ0n) is 18.4. The van der Waals surface area contributed by atoms with E-state index < -0.39 is 0 Å². The molecule has 1 saturated heterocycles. The second-order valence-corrected chi connectivity index (χ2v) is 8.99. The van der Waals surface area contributed by atoms with Crippen LogP contribution in [0.2, 0.25) is 0 Å². The van der Waals surface area contributed by atoms with Crippen LogP contribution in [0.25, 0.3) is 0 Å². The molecule has 4 nitrogen and oxygen atoms in total. The number of likely N-dealkylation sites (tertiary alicyclic amines) is 1. The highest BCUT2D eigenvalue weighted by Gasteiger charge is 2.51. The molecule has 3 aliphatic rings. The number of ether oxygens (including phenoxy) is 1. The van der Waals surface area contributed by atoms with Crippen LogP contribution in [0.4, 0.5) is 0 Å². The summed E-state index contributed by atoms with van der Waals surface area (Å²) >= 11 is 0. The third-order valence-electron chi connectivity index (χ3n) is 7.34. The van der Waals surface area contributed by atoms with E-state index in [-0.39, 0.29) is 17.4 Å². The molecule has 1 fully saturated rings. The van der Waals surface area contributed by atoms with Crippen LogP contribution in [-0.2, 0) is 15.1 Å². The van der Waals surface area contributed by atoms with E-state index in [4.69, 9.17) is 10.5 Å². The molecule has 1 atom stereocenters. The Balaban J connectivity index is 1.55. The highest BCUT2D eigenvalue weighted by molar-refractivity contribution is 5.74. The fourth-order valence-electron chi connectivity index (χ4n) is 6.01. The van der Waals surface area contributed by atoms with E-state index in [1.807, 2.05) is 6.26 Å². The molecule has 2 aromatic carbocycles. The van der Waals surface area contributed by atoms with Gasteiger partial charge in [-0.2, -0.15) is 0 Å². The van der Waals surface area contributed by atoms with Crippen molar-refractivity contribution < 1.29 is 9.53 Å². The van der Waals surface area contributed by atoms with Crippen LogP contribution in [0.1, 0.15) is 43.2 Å². The Morgan fingerprint density at radius 1 is 1.03 bits per heavy atom. The Morgan fingerprint density at radius 2 is 1.72 bits per heavy atom. The van der Waals surface area contributed by atoms with Crippen molar-refractivity contribution in [1.82, 2.24) is 4.90 Å². The first kappa shape index (κ1) is 20.8. The van der Waals surface area contributed by atoms with Crippen molar-refractivity contribution in [1.29, 1.82) is 0 Å². The average molecular weight is 427 g/mol. The number of hydrogen-bond donors (Lipinski definition) is 1. The SMILES string of the molecule is NC(=O)CC1CCN(CCC2=C3C=COC=C3CC2)C1(c1ccccc1)c1ccccc1. The van der Waals surface area contributed by atoms with Gasteiger partial charge in [-0.15, -0.1) is 0 Å². The van der Waals surface area contributed by atoms with E-state index in [2.05, 4.69) is 71.6 Å². The van der Waals surface area contributed by atoms with E-state index in [1.54, 1.807) is 6.26 Å². The van der Waals surface area contributed by atoms with Gasteiger partial charge in [0.05, 0.1) is 18.1 Å². The number of amides is 1. The number of nitrogens with zero attached hydrogens (tertiary/aromatic N) is 1. The first-order valence-corrected chi connectivity index (χ1v) is 11.6. The van der Waals surface area contributed by atoms with Gasteiger partial charge in [-0.1, -0.05) is 66.2 Å². The highest BCUT2D eigenvalue weighted by atomic mass is 16.5. The molecule has 2 aromatic rings. The van der Waals surface area contributed by atoms with Crippen molar-refractivity contribution in [2.24, 2.45) is 11.7 Å². The van der Waals surface area contributed by atoms with Gasteiger partial charge in [0, 0.05) is 13.0 Å². The fraction of sp³-hybridized carbons (Fsp3) is 0.321. The number of allylic oxidation sites excluding steroid dienone is 3. The zero-order valence-corrected chi connectivity index (χ0v) is 18.4. The van der Waals surface area contributed by atoms with Gasteiger partial charge in [0.1, 0.15) is 0 Å². The molecule has 0 radical (unpaired) electrons. The van der Waals surface area contributed by atoms with Crippen molar-refractivity contribution in [2.45, 2.75) is 37.6 Å². The molecule has 0 bridgehead atoms. The zero-order chi connectivity index (χ0) is 22.0. The number of rotatable bonds is 7. The normalized spacial score (nSPS) is 21.9. The predicted molar refractivity (Wildman–Crippen MR) is 126 cm³/mol. The maximum Gasteiger partial charge on any atom is 0.217 e. The smallest absolute Gasteiger partial charge is 0.217 e. The van der Waals surface area contributed by atoms with Gasteiger partial charge in [-0.25, -0.2) is 0 Å². The molecular formula is C28H30N2O2. The van der Waals surface area contributed by atoms with Crippen molar-refractivity contribution in [3.63, 3.8) is 0 Å². The lowest BCUT2D eigenvalue weighted by Gasteiger charge is -2.44. The molecule has 0 spiro atoms. The monoisotopic (exact) mass is 426 g/mol. The molecule has 32 heavy (non-hydrogen) atoms. The van der Waals surface area contributed by atoms with Gasteiger partial charge in [0.15, 0.2) is 0 Å². The highest BCUT2D eigenvalue weighted by Crippen LogP contribution is 2.50. The van der Waals surface area contributed by atoms with Crippen molar-refractivity contribution in [3.05, 3.63) is 107 Å². The Labute approximate surface area is 190 Å². The second-order valence-electron chi connectivity index (χ2n) is 8.99. The Kier molecular flexibility index (Phi) is 5.71. The van der Waals surface area contributed by atoms with Crippen LogP contribution in [0.15, 0.2) is 96.0 Å². The number of carbonyl (C=O) groups is 1. The summed E-state index contributed by atoms with van der Waals surface area (Å²) in [6.07, 6.45) is 10.3. The number of hydrogen-bond acceptors (Lipinski definition) is 3. The van der Waals surface area contributed by atoms with Gasteiger partial charge < -0.3 is 10.5 Å². The van der Waals surface area contributed by atoms with E-state index in [1.165, 1.54) is 27.8 Å². The maximum atomic E-state index is 12.1. The minimum absolute atomic E-state index is 0.143. The molecule has 2 aliphatic heterocycles. The molecule has 4 heteroatoms. The fourth-order valence-corrected chi connectivity index (χ4v) is 6.01. The summed E-state index contributed by atoms with van der Waals surface area (Å²) in [4.78, 5) is 14.7. The van der Waals surface area contributed by atoms with Gasteiger partial charge >= 0.3 is 0 Å².